The van der Waals surface area contributed by atoms with E-state index in [0.29, 0.717) is 21.9 Å². The van der Waals surface area contributed by atoms with Crippen molar-refractivity contribution in [3.8, 4) is 5.75 Å². The fraction of sp³-hybridized carbons (Fsp3) is 0.0435. The Morgan fingerprint density at radius 1 is 0.815 bits per heavy atom. The molecule has 4 heteroatoms. The van der Waals surface area contributed by atoms with Gasteiger partial charge < -0.3 is 4.74 Å². The smallest absolute Gasteiger partial charge is 0.343 e. The molecule has 0 N–H and O–H groups in total. The van der Waals surface area contributed by atoms with E-state index < -0.39 is 5.97 Å². The second kappa shape index (κ2) is 8.47. The number of benzene rings is 3. The number of halogens is 1. The average molecular weight is 377 g/mol. The number of aryl methyl sites for hydroxylation is 1. The highest BCUT2D eigenvalue weighted by Crippen LogP contribution is 2.16. The molecule has 0 saturated carbocycles. The van der Waals surface area contributed by atoms with Gasteiger partial charge in [0.05, 0.1) is 5.56 Å². The molecule has 3 aromatic carbocycles. The average Bonchev–Trinajstić information content (AvgIpc) is 2.68. The number of rotatable bonds is 5. The normalized spacial score (nSPS) is 10.7. The van der Waals surface area contributed by atoms with E-state index in [4.69, 9.17) is 16.3 Å². The minimum Gasteiger partial charge on any atom is -0.423 e. The zero-order valence-electron chi connectivity index (χ0n) is 14.7. The Hall–Kier alpha value is -3.17. The second-order valence-electron chi connectivity index (χ2n) is 6.03. The summed E-state index contributed by atoms with van der Waals surface area (Å²) in [7, 11) is 0. The Bertz CT molecular complexity index is 970. The van der Waals surface area contributed by atoms with Crippen LogP contribution in [0, 0.1) is 6.92 Å². The minimum absolute atomic E-state index is 0.110. The van der Waals surface area contributed by atoms with Crippen LogP contribution in [0.4, 0.5) is 0 Å². The Labute approximate surface area is 162 Å². The third-order valence-electron chi connectivity index (χ3n) is 3.93. The fourth-order valence-corrected chi connectivity index (χ4v) is 2.51. The molecule has 3 rings (SSSR count). The van der Waals surface area contributed by atoms with Crippen LogP contribution in [0.2, 0.25) is 5.02 Å². The molecule has 134 valence electrons. The zero-order valence-corrected chi connectivity index (χ0v) is 15.4. The molecule has 0 aromatic heterocycles. The quantitative estimate of drug-likeness (QED) is 0.246. The Kier molecular flexibility index (Phi) is 5.84. The Morgan fingerprint density at radius 3 is 2.04 bits per heavy atom. The molecule has 0 unspecified atom stereocenters. The van der Waals surface area contributed by atoms with Crippen molar-refractivity contribution >= 4 is 29.4 Å². The van der Waals surface area contributed by atoms with E-state index in [0.717, 1.165) is 11.1 Å². The van der Waals surface area contributed by atoms with Crippen molar-refractivity contribution in [2.24, 2.45) is 0 Å². The van der Waals surface area contributed by atoms with Crippen molar-refractivity contribution in [3.05, 3.63) is 106 Å². The highest BCUT2D eigenvalue weighted by molar-refractivity contribution is 6.30. The molecule has 0 heterocycles. The van der Waals surface area contributed by atoms with Crippen LogP contribution in [0.5, 0.6) is 5.75 Å². The summed E-state index contributed by atoms with van der Waals surface area (Å²) in [5.74, 6) is -0.0699. The lowest BCUT2D eigenvalue weighted by Gasteiger charge is -2.05. The van der Waals surface area contributed by atoms with Crippen LogP contribution in [0.25, 0.3) is 6.08 Å². The van der Waals surface area contributed by atoms with Crippen LogP contribution < -0.4 is 4.74 Å². The van der Waals surface area contributed by atoms with Gasteiger partial charge in [0.25, 0.3) is 0 Å². The summed E-state index contributed by atoms with van der Waals surface area (Å²) in [5.41, 5.74) is 2.97. The van der Waals surface area contributed by atoms with E-state index in [1.165, 1.54) is 6.08 Å². The van der Waals surface area contributed by atoms with Crippen LogP contribution in [-0.2, 0) is 0 Å². The topological polar surface area (TPSA) is 43.4 Å². The van der Waals surface area contributed by atoms with Crippen molar-refractivity contribution in [2.75, 3.05) is 0 Å². The van der Waals surface area contributed by atoms with Gasteiger partial charge in [-0.25, -0.2) is 4.79 Å². The molecule has 27 heavy (non-hydrogen) atoms. The van der Waals surface area contributed by atoms with Gasteiger partial charge in [0.15, 0.2) is 5.78 Å². The van der Waals surface area contributed by atoms with Gasteiger partial charge in [0.2, 0.25) is 0 Å². The van der Waals surface area contributed by atoms with Crippen molar-refractivity contribution in [2.45, 2.75) is 6.92 Å². The number of allylic oxidation sites excluding steroid dienone is 1. The molecule has 0 saturated heterocycles. The van der Waals surface area contributed by atoms with Gasteiger partial charge in [0, 0.05) is 10.6 Å². The molecule has 0 fully saturated rings. The molecular weight excluding hydrogens is 360 g/mol. The number of carbonyl (C=O) groups is 2. The summed E-state index contributed by atoms with van der Waals surface area (Å²) >= 11 is 5.82. The van der Waals surface area contributed by atoms with Gasteiger partial charge in [0.1, 0.15) is 5.75 Å². The first kappa shape index (κ1) is 18.6. The highest BCUT2D eigenvalue weighted by Gasteiger charge is 2.08. The third-order valence-corrected chi connectivity index (χ3v) is 4.19. The molecule has 0 aliphatic rings. The van der Waals surface area contributed by atoms with Crippen LogP contribution in [0.1, 0.15) is 31.8 Å². The summed E-state index contributed by atoms with van der Waals surface area (Å²) in [6.45, 7) is 1.96. The lowest BCUT2D eigenvalue weighted by molar-refractivity contribution is 0.0734. The molecular formula is C23H17ClO3. The van der Waals surface area contributed by atoms with Gasteiger partial charge in [-0.3, -0.25) is 4.79 Å². The molecule has 3 aromatic rings. The van der Waals surface area contributed by atoms with Crippen molar-refractivity contribution in [1.29, 1.82) is 0 Å². The van der Waals surface area contributed by atoms with E-state index in [-0.39, 0.29) is 5.78 Å². The van der Waals surface area contributed by atoms with Crippen molar-refractivity contribution in [3.63, 3.8) is 0 Å². The van der Waals surface area contributed by atoms with E-state index in [2.05, 4.69) is 0 Å². The van der Waals surface area contributed by atoms with Crippen molar-refractivity contribution in [1.82, 2.24) is 0 Å². The van der Waals surface area contributed by atoms with E-state index in [1.54, 1.807) is 66.7 Å². The summed E-state index contributed by atoms with van der Waals surface area (Å²) in [4.78, 5) is 24.2. The summed E-state index contributed by atoms with van der Waals surface area (Å²) in [5, 5.41) is 0.589. The molecule has 0 aliphatic carbocycles. The number of hydrogen-bond acceptors (Lipinski definition) is 3. The maximum Gasteiger partial charge on any atom is 0.343 e. The summed E-state index contributed by atoms with van der Waals surface area (Å²) in [6.07, 6.45) is 3.21. The van der Waals surface area contributed by atoms with Crippen molar-refractivity contribution < 1.29 is 14.3 Å². The lowest BCUT2D eigenvalue weighted by Crippen LogP contribution is -2.08. The lowest BCUT2D eigenvalue weighted by atomic mass is 10.1. The second-order valence-corrected chi connectivity index (χ2v) is 6.47. The first-order valence-corrected chi connectivity index (χ1v) is 8.76. The first-order valence-electron chi connectivity index (χ1n) is 8.38. The monoisotopic (exact) mass is 376 g/mol. The zero-order chi connectivity index (χ0) is 19.2. The van der Waals surface area contributed by atoms with Crippen LogP contribution in [0.15, 0.2) is 78.9 Å². The van der Waals surface area contributed by atoms with Gasteiger partial charge in [-0.2, -0.15) is 0 Å². The van der Waals surface area contributed by atoms with E-state index in [1.807, 2.05) is 19.1 Å². The standard InChI is InChI=1S/C23H17ClO3/c1-16-2-7-19(8-3-16)23(26)27-21-13-4-17(5-14-21)6-15-22(25)18-9-11-20(24)12-10-18/h2-15H,1H3. The highest BCUT2D eigenvalue weighted by atomic mass is 35.5. The molecule has 0 amide bonds. The number of esters is 1. The first-order chi connectivity index (χ1) is 13.0. The number of carbonyl (C=O) groups excluding carboxylic acids is 2. The van der Waals surface area contributed by atoms with Gasteiger partial charge >= 0.3 is 5.97 Å². The molecule has 0 atom stereocenters. The largest absolute Gasteiger partial charge is 0.423 e. The summed E-state index contributed by atoms with van der Waals surface area (Å²) in [6, 6.07) is 20.9. The SMILES string of the molecule is Cc1ccc(C(=O)Oc2ccc(C=CC(=O)c3ccc(Cl)cc3)cc2)cc1. The maximum atomic E-state index is 12.1. The molecule has 0 radical (unpaired) electrons. The predicted molar refractivity (Wildman–Crippen MR) is 107 cm³/mol. The Balaban J connectivity index is 1.62. The van der Waals surface area contributed by atoms with Gasteiger partial charge in [-0.15, -0.1) is 0 Å². The van der Waals surface area contributed by atoms with E-state index >= 15 is 0 Å². The molecule has 0 bridgehead atoms. The van der Waals surface area contributed by atoms with Gasteiger partial charge in [-0.05, 0) is 67.1 Å². The number of ketones is 1. The summed E-state index contributed by atoms with van der Waals surface area (Å²) < 4.78 is 5.36. The molecule has 3 nitrogen and oxygen atoms in total. The number of ether oxygens (including phenoxy) is 1. The third kappa shape index (κ3) is 5.16. The Morgan fingerprint density at radius 2 is 1.41 bits per heavy atom. The number of hydrogen-bond donors (Lipinski definition) is 0. The van der Waals surface area contributed by atoms with Crippen LogP contribution in [-0.4, -0.2) is 11.8 Å². The van der Waals surface area contributed by atoms with Gasteiger partial charge in [-0.1, -0.05) is 47.5 Å². The molecule has 0 spiro atoms. The predicted octanol–water partition coefficient (Wildman–Crippen LogP) is 5.76. The van der Waals surface area contributed by atoms with E-state index in [9.17, 15) is 9.59 Å². The maximum absolute atomic E-state index is 12.1. The molecule has 0 aliphatic heterocycles. The van der Waals surface area contributed by atoms with Crippen LogP contribution >= 0.6 is 11.6 Å². The minimum atomic E-state index is -0.406. The fourth-order valence-electron chi connectivity index (χ4n) is 2.38. The van der Waals surface area contributed by atoms with Crippen LogP contribution in [0.3, 0.4) is 0 Å².